The molecule has 0 spiro atoms. The number of aryl methyl sites for hydroxylation is 1. The molecule has 2 rings (SSSR count). The van der Waals surface area contributed by atoms with Gasteiger partial charge in [0.25, 0.3) is 0 Å². The van der Waals surface area contributed by atoms with Crippen molar-refractivity contribution in [2.24, 2.45) is 0 Å². The molecule has 1 N–H and O–H groups in total. The first-order valence-electron chi connectivity index (χ1n) is 7.55. The monoisotopic (exact) mass is 264 g/mol. The van der Waals surface area contributed by atoms with Crippen LogP contribution in [-0.2, 0) is 6.54 Å². The molecule has 1 aliphatic rings. The van der Waals surface area contributed by atoms with Gasteiger partial charge >= 0.3 is 0 Å². The highest BCUT2D eigenvalue weighted by molar-refractivity contribution is 4.92. The highest BCUT2D eigenvalue weighted by atomic mass is 15.2. The Kier molecular flexibility index (Phi) is 4.99. The highest BCUT2D eigenvalue weighted by Crippen LogP contribution is 2.18. The summed E-state index contributed by atoms with van der Waals surface area (Å²) in [5, 5.41) is 3.67. The molecule has 108 valence electrons. The molecular formula is C15H28N4. The molecule has 0 aliphatic carbocycles. The van der Waals surface area contributed by atoms with Crippen LogP contribution in [0.1, 0.15) is 40.0 Å². The van der Waals surface area contributed by atoms with Crippen molar-refractivity contribution in [2.75, 3.05) is 19.6 Å². The van der Waals surface area contributed by atoms with E-state index in [1.165, 1.54) is 25.8 Å². The zero-order valence-corrected chi connectivity index (χ0v) is 12.6. The fraction of sp³-hybridized carbons (Fsp3) is 0.800. The minimum absolute atomic E-state index is 0.249. The van der Waals surface area contributed by atoms with Crippen molar-refractivity contribution >= 4 is 0 Å². The van der Waals surface area contributed by atoms with E-state index < -0.39 is 0 Å². The maximum absolute atomic E-state index is 4.09. The van der Waals surface area contributed by atoms with Crippen LogP contribution in [0.25, 0.3) is 0 Å². The van der Waals surface area contributed by atoms with E-state index in [0.717, 1.165) is 19.6 Å². The lowest BCUT2D eigenvalue weighted by molar-refractivity contribution is 0.0872. The van der Waals surface area contributed by atoms with Crippen LogP contribution >= 0.6 is 0 Å². The lowest BCUT2D eigenvalue weighted by Crippen LogP contribution is -2.61. The molecule has 0 bridgehead atoms. The van der Waals surface area contributed by atoms with Crippen molar-refractivity contribution in [1.29, 1.82) is 0 Å². The summed E-state index contributed by atoms with van der Waals surface area (Å²) < 4.78 is 2.17. The Labute approximate surface area is 117 Å². The van der Waals surface area contributed by atoms with Crippen LogP contribution in [0.4, 0.5) is 0 Å². The SMILES string of the molecule is CCCC1CNC(C)(C)CN1CCCn1ccnc1. The van der Waals surface area contributed by atoms with E-state index in [2.05, 4.69) is 40.5 Å². The Morgan fingerprint density at radius 2 is 2.21 bits per heavy atom. The molecule has 1 atom stereocenters. The van der Waals surface area contributed by atoms with Gasteiger partial charge in [0.15, 0.2) is 0 Å². The van der Waals surface area contributed by atoms with Gasteiger partial charge in [0.2, 0.25) is 0 Å². The normalized spacial score (nSPS) is 23.6. The molecule has 19 heavy (non-hydrogen) atoms. The van der Waals surface area contributed by atoms with Gasteiger partial charge in [0.05, 0.1) is 6.33 Å². The van der Waals surface area contributed by atoms with E-state index in [0.29, 0.717) is 6.04 Å². The molecular weight excluding hydrogens is 236 g/mol. The van der Waals surface area contributed by atoms with Crippen molar-refractivity contribution in [1.82, 2.24) is 19.8 Å². The van der Waals surface area contributed by atoms with Gasteiger partial charge < -0.3 is 9.88 Å². The van der Waals surface area contributed by atoms with E-state index in [1.54, 1.807) is 0 Å². The fourth-order valence-corrected chi connectivity index (χ4v) is 2.97. The molecule has 1 fully saturated rings. The summed E-state index contributed by atoms with van der Waals surface area (Å²) in [6, 6.07) is 0.709. The van der Waals surface area contributed by atoms with Crippen LogP contribution in [-0.4, -0.2) is 45.7 Å². The third kappa shape index (κ3) is 4.32. The Morgan fingerprint density at radius 1 is 1.37 bits per heavy atom. The van der Waals surface area contributed by atoms with Crippen molar-refractivity contribution in [2.45, 2.75) is 58.2 Å². The molecule has 4 nitrogen and oxygen atoms in total. The second-order valence-electron chi connectivity index (χ2n) is 6.33. The lowest BCUT2D eigenvalue weighted by atomic mass is 9.96. The van der Waals surface area contributed by atoms with Gasteiger partial charge in [-0.2, -0.15) is 0 Å². The van der Waals surface area contributed by atoms with Crippen molar-refractivity contribution in [3.63, 3.8) is 0 Å². The van der Waals surface area contributed by atoms with Crippen LogP contribution in [0.2, 0.25) is 0 Å². The van der Waals surface area contributed by atoms with E-state index in [4.69, 9.17) is 0 Å². The summed E-state index contributed by atoms with van der Waals surface area (Å²) in [4.78, 5) is 6.77. The van der Waals surface area contributed by atoms with E-state index in [1.807, 2.05) is 18.7 Å². The van der Waals surface area contributed by atoms with Crippen LogP contribution in [0.3, 0.4) is 0 Å². The number of hydrogen-bond acceptors (Lipinski definition) is 3. The first-order valence-corrected chi connectivity index (χ1v) is 7.55. The third-order valence-corrected chi connectivity index (χ3v) is 3.97. The van der Waals surface area contributed by atoms with Gasteiger partial charge in [-0.3, -0.25) is 4.90 Å². The number of nitrogens with zero attached hydrogens (tertiary/aromatic N) is 3. The van der Waals surface area contributed by atoms with Crippen molar-refractivity contribution in [3.05, 3.63) is 18.7 Å². The summed E-state index contributed by atoms with van der Waals surface area (Å²) >= 11 is 0. The molecule has 0 aromatic carbocycles. The summed E-state index contributed by atoms with van der Waals surface area (Å²) in [6.07, 6.45) is 9.58. The van der Waals surface area contributed by atoms with E-state index >= 15 is 0 Å². The van der Waals surface area contributed by atoms with Gasteiger partial charge in [-0.05, 0) is 26.7 Å². The van der Waals surface area contributed by atoms with E-state index in [-0.39, 0.29) is 5.54 Å². The van der Waals surface area contributed by atoms with Crippen LogP contribution in [0.5, 0.6) is 0 Å². The standard InChI is InChI=1S/C15H28N4/c1-4-6-14-11-17-15(2,3)12-19(14)9-5-8-18-10-7-16-13-18/h7,10,13-14,17H,4-6,8-9,11-12H2,1-3H3. The highest BCUT2D eigenvalue weighted by Gasteiger charge is 2.31. The second-order valence-corrected chi connectivity index (χ2v) is 6.33. The molecule has 2 heterocycles. The molecule has 0 amide bonds. The quantitative estimate of drug-likeness (QED) is 0.854. The summed E-state index contributed by atoms with van der Waals surface area (Å²) in [7, 11) is 0. The summed E-state index contributed by atoms with van der Waals surface area (Å²) in [6.45, 7) is 11.4. The number of imidazole rings is 1. The molecule has 0 radical (unpaired) electrons. The van der Waals surface area contributed by atoms with Gasteiger partial charge in [-0.1, -0.05) is 13.3 Å². The third-order valence-electron chi connectivity index (χ3n) is 3.97. The molecule has 1 aliphatic heterocycles. The molecule has 1 aromatic heterocycles. The van der Waals surface area contributed by atoms with Gasteiger partial charge in [0.1, 0.15) is 0 Å². The zero-order valence-electron chi connectivity index (χ0n) is 12.6. The van der Waals surface area contributed by atoms with Crippen molar-refractivity contribution < 1.29 is 0 Å². The number of aromatic nitrogens is 2. The number of piperazine rings is 1. The minimum atomic E-state index is 0.249. The predicted molar refractivity (Wildman–Crippen MR) is 79.2 cm³/mol. The zero-order chi connectivity index (χ0) is 13.7. The molecule has 1 saturated heterocycles. The smallest absolute Gasteiger partial charge is 0.0945 e. The maximum Gasteiger partial charge on any atom is 0.0945 e. The molecule has 0 saturated carbocycles. The number of nitrogens with one attached hydrogen (secondary N) is 1. The average molecular weight is 264 g/mol. The molecule has 1 unspecified atom stereocenters. The average Bonchev–Trinajstić information content (AvgIpc) is 2.85. The Morgan fingerprint density at radius 3 is 2.89 bits per heavy atom. The van der Waals surface area contributed by atoms with Gasteiger partial charge in [0, 0.05) is 50.2 Å². The summed E-state index contributed by atoms with van der Waals surface area (Å²) in [5.74, 6) is 0. The maximum atomic E-state index is 4.09. The van der Waals surface area contributed by atoms with Gasteiger partial charge in [-0.15, -0.1) is 0 Å². The first kappa shape index (κ1) is 14.5. The Hall–Kier alpha value is -0.870. The number of hydrogen-bond donors (Lipinski definition) is 1. The van der Waals surface area contributed by atoms with Crippen molar-refractivity contribution in [3.8, 4) is 0 Å². The fourth-order valence-electron chi connectivity index (χ4n) is 2.97. The van der Waals surface area contributed by atoms with Gasteiger partial charge in [-0.25, -0.2) is 4.98 Å². The van der Waals surface area contributed by atoms with Crippen LogP contribution in [0, 0.1) is 0 Å². The minimum Gasteiger partial charge on any atom is -0.337 e. The van der Waals surface area contributed by atoms with E-state index in [9.17, 15) is 0 Å². The summed E-state index contributed by atoms with van der Waals surface area (Å²) in [5.41, 5.74) is 0.249. The molecule has 1 aromatic rings. The largest absolute Gasteiger partial charge is 0.337 e. The topological polar surface area (TPSA) is 33.1 Å². The van der Waals surface area contributed by atoms with Crippen LogP contribution < -0.4 is 5.32 Å². The number of rotatable bonds is 6. The first-order chi connectivity index (χ1) is 9.11. The predicted octanol–water partition coefficient (Wildman–Crippen LogP) is 2.13. The Balaban J connectivity index is 1.83. The Bertz CT molecular complexity index is 358. The lowest BCUT2D eigenvalue weighted by Gasteiger charge is -2.44. The second kappa shape index (κ2) is 6.53. The van der Waals surface area contributed by atoms with Crippen LogP contribution in [0.15, 0.2) is 18.7 Å². The molecule has 4 heteroatoms.